The molecule has 0 aliphatic heterocycles. The molecule has 52 valence electrons. The third-order valence-electron chi connectivity index (χ3n) is 1.24. The number of rotatable bonds is 2. The smallest absolute Gasteiger partial charge is 0.220 e. The molecule has 0 aliphatic carbocycles. The predicted molar refractivity (Wildman–Crippen MR) is 38.5 cm³/mol. The summed E-state index contributed by atoms with van der Waals surface area (Å²) in [7, 11) is 0. The van der Waals surface area contributed by atoms with Crippen LogP contribution in [0, 0.1) is 13.5 Å². The molecular weight excluding hydrogens is 126 g/mol. The van der Waals surface area contributed by atoms with Gasteiger partial charge in [0.25, 0.3) is 0 Å². The summed E-state index contributed by atoms with van der Waals surface area (Å²) in [5, 5.41) is 6.81. The Morgan fingerprint density at radius 3 is 3.10 bits per heavy atom. The van der Waals surface area contributed by atoms with Gasteiger partial charge in [-0.2, -0.15) is 5.10 Å². The zero-order chi connectivity index (χ0) is 7.40. The van der Waals surface area contributed by atoms with Crippen molar-refractivity contribution < 1.29 is 0 Å². The molecule has 0 bridgehead atoms. The zero-order valence-corrected chi connectivity index (χ0v) is 5.89. The van der Waals surface area contributed by atoms with Gasteiger partial charge in [-0.3, -0.25) is 5.10 Å². The third-order valence-corrected chi connectivity index (χ3v) is 1.24. The van der Waals surface area contributed by atoms with Crippen LogP contribution in [0.1, 0.15) is 11.4 Å². The summed E-state index contributed by atoms with van der Waals surface area (Å²) in [6.07, 6.45) is 0.758. The van der Waals surface area contributed by atoms with E-state index in [-0.39, 0.29) is 0 Å². The number of nitrogens with one attached hydrogen (secondary N) is 1. The number of H-pyrrole nitrogens is 1. The normalized spacial score (nSPS) is 9.20. The lowest BCUT2D eigenvalue weighted by Crippen LogP contribution is -1.86. The second-order valence-corrected chi connectivity index (χ2v) is 2.17. The van der Waals surface area contributed by atoms with Crippen molar-refractivity contribution in [3.8, 4) is 0 Å². The van der Waals surface area contributed by atoms with Gasteiger partial charge in [0.05, 0.1) is 12.1 Å². The highest BCUT2D eigenvalue weighted by atomic mass is 15.1. The van der Waals surface area contributed by atoms with E-state index in [1.165, 1.54) is 0 Å². The summed E-state index contributed by atoms with van der Waals surface area (Å²) in [5.74, 6) is 0. The van der Waals surface area contributed by atoms with E-state index in [4.69, 9.17) is 6.57 Å². The minimum atomic E-state index is 0.532. The van der Waals surface area contributed by atoms with E-state index in [0.29, 0.717) is 6.54 Å². The van der Waals surface area contributed by atoms with E-state index in [1.807, 2.05) is 13.0 Å². The molecule has 10 heavy (non-hydrogen) atoms. The second kappa shape index (κ2) is 3.02. The van der Waals surface area contributed by atoms with Crippen LogP contribution in [0.4, 0.5) is 0 Å². The Bertz CT molecular complexity index is 244. The van der Waals surface area contributed by atoms with Gasteiger partial charge < -0.3 is 4.85 Å². The average Bonchev–Trinajstić information content (AvgIpc) is 2.31. The fourth-order valence-corrected chi connectivity index (χ4v) is 0.773. The number of nitrogens with zero attached hydrogens (tertiary/aromatic N) is 2. The van der Waals surface area contributed by atoms with Gasteiger partial charge in [0.1, 0.15) is 0 Å². The first-order valence-electron chi connectivity index (χ1n) is 3.17. The van der Waals surface area contributed by atoms with Gasteiger partial charge in [-0.25, -0.2) is 6.57 Å². The molecule has 0 unspecified atom stereocenters. The average molecular weight is 135 g/mol. The summed E-state index contributed by atoms with van der Waals surface area (Å²) in [6, 6.07) is 1.96. The van der Waals surface area contributed by atoms with Gasteiger partial charge in [-0.15, -0.1) is 0 Å². The van der Waals surface area contributed by atoms with Crippen LogP contribution < -0.4 is 0 Å². The number of aromatic amines is 1. The molecule has 1 N–H and O–H groups in total. The van der Waals surface area contributed by atoms with Crippen molar-refractivity contribution in [2.45, 2.75) is 13.3 Å². The first-order chi connectivity index (χ1) is 4.83. The van der Waals surface area contributed by atoms with E-state index < -0.39 is 0 Å². The monoisotopic (exact) mass is 135 g/mol. The fraction of sp³-hybridized carbons (Fsp3) is 0.429. The standard InChI is InChI=1S/C7H9N3/c1-6-5-7(10-9-6)3-4-8-2/h5H,3-4H2,1H3,(H,9,10). The molecule has 0 saturated carbocycles. The van der Waals surface area contributed by atoms with Crippen LogP contribution in [-0.4, -0.2) is 16.7 Å². The molecule has 1 aromatic rings. The van der Waals surface area contributed by atoms with Gasteiger partial charge in [0.15, 0.2) is 0 Å². The van der Waals surface area contributed by atoms with Gasteiger partial charge >= 0.3 is 0 Å². The van der Waals surface area contributed by atoms with Crippen molar-refractivity contribution in [1.82, 2.24) is 10.2 Å². The lowest BCUT2D eigenvalue weighted by Gasteiger charge is -1.81. The topological polar surface area (TPSA) is 33.0 Å². The van der Waals surface area contributed by atoms with Crippen LogP contribution in [0.2, 0.25) is 0 Å². The van der Waals surface area contributed by atoms with Crippen molar-refractivity contribution >= 4 is 0 Å². The molecule has 1 rings (SSSR count). The van der Waals surface area contributed by atoms with Crippen LogP contribution in [0.25, 0.3) is 4.85 Å². The molecule has 0 saturated heterocycles. The Labute approximate surface area is 59.9 Å². The first kappa shape index (κ1) is 6.81. The molecule has 0 aromatic carbocycles. The Morgan fingerprint density at radius 1 is 1.80 bits per heavy atom. The van der Waals surface area contributed by atoms with E-state index >= 15 is 0 Å². The summed E-state index contributed by atoms with van der Waals surface area (Å²) in [5.41, 5.74) is 2.04. The van der Waals surface area contributed by atoms with Crippen molar-refractivity contribution in [3.63, 3.8) is 0 Å². The molecule has 0 fully saturated rings. The number of aromatic nitrogens is 2. The van der Waals surface area contributed by atoms with Crippen LogP contribution in [-0.2, 0) is 6.42 Å². The summed E-state index contributed by atoms with van der Waals surface area (Å²) >= 11 is 0. The highest BCUT2D eigenvalue weighted by Gasteiger charge is 1.97. The van der Waals surface area contributed by atoms with Gasteiger partial charge in [-0.05, 0) is 13.0 Å². The number of aryl methyl sites for hydroxylation is 1. The minimum absolute atomic E-state index is 0.532. The molecule has 0 atom stereocenters. The molecule has 0 radical (unpaired) electrons. The van der Waals surface area contributed by atoms with Crippen molar-refractivity contribution in [2.24, 2.45) is 0 Å². The Hall–Kier alpha value is -1.30. The van der Waals surface area contributed by atoms with Crippen LogP contribution in [0.5, 0.6) is 0 Å². The maximum absolute atomic E-state index is 6.55. The third kappa shape index (κ3) is 1.59. The van der Waals surface area contributed by atoms with Crippen molar-refractivity contribution in [1.29, 1.82) is 0 Å². The van der Waals surface area contributed by atoms with Crippen molar-refractivity contribution in [3.05, 3.63) is 28.9 Å². The Balaban J connectivity index is 2.52. The van der Waals surface area contributed by atoms with Crippen LogP contribution >= 0.6 is 0 Å². The van der Waals surface area contributed by atoms with E-state index in [9.17, 15) is 0 Å². The first-order valence-corrected chi connectivity index (χ1v) is 3.17. The van der Waals surface area contributed by atoms with Gasteiger partial charge in [0.2, 0.25) is 6.54 Å². The van der Waals surface area contributed by atoms with E-state index in [0.717, 1.165) is 17.8 Å². The summed E-state index contributed by atoms with van der Waals surface area (Å²) < 4.78 is 0. The molecular formula is C7H9N3. The highest BCUT2D eigenvalue weighted by Crippen LogP contribution is 1.97. The molecule has 0 aliphatic rings. The zero-order valence-electron chi connectivity index (χ0n) is 5.89. The van der Waals surface area contributed by atoms with E-state index in [1.54, 1.807) is 0 Å². The van der Waals surface area contributed by atoms with Crippen LogP contribution in [0.3, 0.4) is 0 Å². The lowest BCUT2D eigenvalue weighted by atomic mass is 10.3. The summed E-state index contributed by atoms with van der Waals surface area (Å²) in [4.78, 5) is 3.24. The largest absolute Gasteiger partial charge is 0.317 e. The van der Waals surface area contributed by atoms with Crippen molar-refractivity contribution in [2.75, 3.05) is 6.54 Å². The number of hydrogen-bond donors (Lipinski definition) is 1. The Kier molecular flexibility index (Phi) is 2.06. The maximum Gasteiger partial charge on any atom is 0.220 e. The van der Waals surface area contributed by atoms with Gasteiger partial charge in [0, 0.05) is 5.69 Å². The fourth-order valence-electron chi connectivity index (χ4n) is 0.773. The molecule has 1 aromatic heterocycles. The number of hydrogen-bond acceptors (Lipinski definition) is 1. The summed E-state index contributed by atoms with van der Waals surface area (Å²) in [6.45, 7) is 9.03. The van der Waals surface area contributed by atoms with Crippen LogP contribution in [0.15, 0.2) is 6.07 Å². The molecule has 3 heteroatoms. The molecule has 3 nitrogen and oxygen atoms in total. The molecule has 0 amide bonds. The SMILES string of the molecule is [C-]#[N+]CCc1cc(C)[nH]n1. The van der Waals surface area contributed by atoms with E-state index in [2.05, 4.69) is 15.0 Å². The quantitative estimate of drug-likeness (QED) is 0.607. The van der Waals surface area contributed by atoms with Gasteiger partial charge in [-0.1, -0.05) is 0 Å². The minimum Gasteiger partial charge on any atom is -0.317 e. The Morgan fingerprint density at radius 2 is 2.60 bits per heavy atom. The highest BCUT2D eigenvalue weighted by molar-refractivity contribution is 5.07. The molecule has 1 heterocycles. The molecule has 0 spiro atoms. The predicted octanol–water partition coefficient (Wildman–Crippen LogP) is 1.18. The maximum atomic E-state index is 6.55. The lowest BCUT2D eigenvalue weighted by molar-refractivity contribution is 0.945. The second-order valence-electron chi connectivity index (χ2n) is 2.17.